The van der Waals surface area contributed by atoms with E-state index in [0.717, 1.165) is 16.7 Å². The van der Waals surface area contributed by atoms with Crippen LogP contribution in [0.5, 0.6) is 11.5 Å². The summed E-state index contributed by atoms with van der Waals surface area (Å²) in [6, 6.07) is 25.9. The maximum absolute atomic E-state index is 9.82. The van der Waals surface area contributed by atoms with Crippen molar-refractivity contribution in [2.24, 2.45) is 0 Å². The molecule has 3 aromatic carbocycles. The van der Waals surface area contributed by atoms with E-state index in [1.165, 1.54) is 0 Å². The SMILES string of the molecule is CC(O)Cc1cccc(OCc2ccccc2)c1OCc1ccccc1. The second kappa shape index (κ2) is 9.07. The fourth-order valence-electron chi connectivity index (χ4n) is 2.78. The Bertz CT molecular complexity index is 798. The number of aliphatic hydroxyl groups is 1. The molecule has 0 aromatic heterocycles. The van der Waals surface area contributed by atoms with E-state index in [-0.39, 0.29) is 0 Å². The van der Waals surface area contributed by atoms with Gasteiger partial charge in [-0.3, -0.25) is 0 Å². The van der Waals surface area contributed by atoms with Crippen molar-refractivity contribution in [3.63, 3.8) is 0 Å². The van der Waals surface area contributed by atoms with E-state index in [2.05, 4.69) is 0 Å². The molecular weight excluding hydrogens is 324 g/mol. The van der Waals surface area contributed by atoms with E-state index >= 15 is 0 Å². The summed E-state index contributed by atoms with van der Waals surface area (Å²) < 4.78 is 12.1. The lowest BCUT2D eigenvalue weighted by atomic mass is 10.1. The third-order valence-corrected chi connectivity index (χ3v) is 4.04. The Morgan fingerprint density at radius 1 is 0.731 bits per heavy atom. The lowest BCUT2D eigenvalue weighted by Crippen LogP contribution is -2.08. The monoisotopic (exact) mass is 348 g/mol. The molecule has 0 radical (unpaired) electrons. The summed E-state index contributed by atoms with van der Waals surface area (Å²) in [6.07, 6.45) is 0.0746. The summed E-state index contributed by atoms with van der Waals surface area (Å²) in [6.45, 7) is 2.71. The molecule has 1 atom stereocenters. The summed E-state index contributed by atoms with van der Waals surface area (Å²) in [5.74, 6) is 1.40. The molecule has 0 heterocycles. The fourth-order valence-corrected chi connectivity index (χ4v) is 2.78. The van der Waals surface area contributed by atoms with E-state index in [4.69, 9.17) is 9.47 Å². The van der Waals surface area contributed by atoms with Gasteiger partial charge in [0.15, 0.2) is 11.5 Å². The van der Waals surface area contributed by atoms with Crippen LogP contribution in [0.15, 0.2) is 78.9 Å². The summed E-state index contributed by atoms with van der Waals surface area (Å²) in [4.78, 5) is 0. The highest BCUT2D eigenvalue weighted by Gasteiger charge is 2.13. The molecule has 3 rings (SSSR count). The third-order valence-electron chi connectivity index (χ3n) is 4.04. The molecule has 3 nitrogen and oxygen atoms in total. The molecule has 0 saturated carbocycles. The number of rotatable bonds is 8. The number of ether oxygens (including phenoxy) is 2. The zero-order chi connectivity index (χ0) is 18.2. The van der Waals surface area contributed by atoms with Crippen molar-refractivity contribution < 1.29 is 14.6 Å². The van der Waals surface area contributed by atoms with E-state index in [1.54, 1.807) is 6.92 Å². The van der Waals surface area contributed by atoms with Crippen molar-refractivity contribution >= 4 is 0 Å². The highest BCUT2D eigenvalue weighted by atomic mass is 16.5. The zero-order valence-electron chi connectivity index (χ0n) is 15.0. The van der Waals surface area contributed by atoms with Crippen molar-refractivity contribution in [1.29, 1.82) is 0 Å². The van der Waals surface area contributed by atoms with E-state index in [9.17, 15) is 5.11 Å². The molecule has 1 N–H and O–H groups in total. The van der Waals surface area contributed by atoms with Crippen LogP contribution in [0.2, 0.25) is 0 Å². The molecule has 0 bridgehead atoms. The molecule has 3 heteroatoms. The molecule has 0 amide bonds. The maximum atomic E-state index is 9.82. The average molecular weight is 348 g/mol. The van der Waals surface area contributed by atoms with Crippen LogP contribution >= 0.6 is 0 Å². The summed E-state index contributed by atoms with van der Waals surface area (Å²) in [5.41, 5.74) is 3.14. The van der Waals surface area contributed by atoms with Crippen molar-refractivity contribution in [2.75, 3.05) is 0 Å². The number of aliphatic hydroxyl groups excluding tert-OH is 1. The van der Waals surface area contributed by atoms with Crippen LogP contribution in [0.25, 0.3) is 0 Å². The van der Waals surface area contributed by atoms with Gasteiger partial charge >= 0.3 is 0 Å². The molecule has 0 aliphatic carbocycles. The molecule has 0 aliphatic rings. The average Bonchev–Trinajstić information content (AvgIpc) is 2.67. The normalized spacial score (nSPS) is 11.8. The second-order valence-corrected chi connectivity index (χ2v) is 6.35. The first-order valence-electron chi connectivity index (χ1n) is 8.86. The Balaban J connectivity index is 1.80. The van der Waals surface area contributed by atoms with Crippen LogP contribution in [0.1, 0.15) is 23.6 Å². The summed E-state index contributed by atoms with van der Waals surface area (Å²) >= 11 is 0. The molecule has 1 unspecified atom stereocenters. The molecule has 26 heavy (non-hydrogen) atoms. The van der Waals surface area contributed by atoms with Gasteiger partial charge in [-0.05, 0) is 24.1 Å². The first-order chi connectivity index (χ1) is 12.7. The highest BCUT2D eigenvalue weighted by Crippen LogP contribution is 2.33. The minimum absolute atomic E-state index is 0.446. The van der Waals surface area contributed by atoms with E-state index in [0.29, 0.717) is 31.1 Å². The van der Waals surface area contributed by atoms with Gasteiger partial charge in [0.25, 0.3) is 0 Å². The Hall–Kier alpha value is -2.78. The molecule has 0 fully saturated rings. The Morgan fingerprint density at radius 3 is 1.88 bits per heavy atom. The predicted octanol–water partition coefficient (Wildman–Crippen LogP) is 4.77. The zero-order valence-corrected chi connectivity index (χ0v) is 15.0. The predicted molar refractivity (Wildman–Crippen MR) is 103 cm³/mol. The van der Waals surface area contributed by atoms with Crippen molar-refractivity contribution in [2.45, 2.75) is 32.7 Å². The van der Waals surface area contributed by atoms with Gasteiger partial charge in [0.1, 0.15) is 13.2 Å². The Labute approximate surface area is 154 Å². The lowest BCUT2D eigenvalue weighted by molar-refractivity contribution is 0.191. The fraction of sp³-hybridized carbons (Fsp3) is 0.217. The van der Waals surface area contributed by atoms with E-state index in [1.807, 2.05) is 78.9 Å². The Morgan fingerprint density at radius 2 is 1.31 bits per heavy atom. The van der Waals surface area contributed by atoms with Crippen molar-refractivity contribution in [3.05, 3.63) is 95.6 Å². The minimum Gasteiger partial charge on any atom is -0.485 e. The highest BCUT2D eigenvalue weighted by molar-refractivity contribution is 5.47. The largest absolute Gasteiger partial charge is 0.485 e. The summed E-state index contributed by atoms with van der Waals surface area (Å²) in [7, 11) is 0. The van der Waals surface area contributed by atoms with Gasteiger partial charge in [0.05, 0.1) is 6.10 Å². The first-order valence-corrected chi connectivity index (χ1v) is 8.86. The van der Waals surface area contributed by atoms with Gasteiger partial charge in [-0.2, -0.15) is 0 Å². The topological polar surface area (TPSA) is 38.7 Å². The first kappa shape index (κ1) is 18.0. The minimum atomic E-state index is -0.446. The molecule has 0 saturated heterocycles. The second-order valence-electron chi connectivity index (χ2n) is 6.35. The van der Waals surface area contributed by atoms with Gasteiger partial charge in [-0.25, -0.2) is 0 Å². The quantitative estimate of drug-likeness (QED) is 0.637. The molecule has 3 aromatic rings. The van der Waals surface area contributed by atoms with Crippen molar-refractivity contribution in [1.82, 2.24) is 0 Å². The molecule has 0 aliphatic heterocycles. The van der Waals surface area contributed by atoms with Gasteiger partial charge in [-0.15, -0.1) is 0 Å². The third kappa shape index (κ3) is 5.11. The lowest BCUT2D eigenvalue weighted by Gasteiger charge is -2.17. The number of hydrogen-bond acceptors (Lipinski definition) is 3. The smallest absolute Gasteiger partial charge is 0.164 e. The van der Waals surface area contributed by atoms with Crippen LogP contribution in [0.3, 0.4) is 0 Å². The van der Waals surface area contributed by atoms with Crippen LogP contribution in [-0.4, -0.2) is 11.2 Å². The summed E-state index contributed by atoms with van der Waals surface area (Å²) in [5, 5.41) is 9.82. The standard InChI is InChI=1S/C23H24O3/c1-18(24)15-21-13-8-14-22(25-16-19-9-4-2-5-10-19)23(21)26-17-20-11-6-3-7-12-20/h2-14,18,24H,15-17H2,1H3. The van der Waals surface area contributed by atoms with Gasteiger partial charge < -0.3 is 14.6 Å². The van der Waals surface area contributed by atoms with E-state index < -0.39 is 6.10 Å². The number of para-hydroxylation sites is 1. The van der Waals surface area contributed by atoms with Crippen LogP contribution in [-0.2, 0) is 19.6 Å². The maximum Gasteiger partial charge on any atom is 0.164 e. The van der Waals surface area contributed by atoms with Crippen LogP contribution < -0.4 is 9.47 Å². The molecule has 0 spiro atoms. The van der Waals surface area contributed by atoms with Crippen LogP contribution in [0, 0.1) is 0 Å². The molecule has 134 valence electrons. The number of benzene rings is 3. The van der Waals surface area contributed by atoms with Gasteiger partial charge in [-0.1, -0.05) is 72.8 Å². The van der Waals surface area contributed by atoms with Crippen molar-refractivity contribution in [3.8, 4) is 11.5 Å². The van der Waals surface area contributed by atoms with Gasteiger partial charge in [0.2, 0.25) is 0 Å². The number of hydrogen-bond donors (Lipinski definition) is 1. The Kier molecular flexibility index (Phi) is 6.29. The molecular formula is C23H24O3. The van der Waals surface area contributed by atoms with Gasteiger partial charge in [0, 0.05) is 12.0 Å². The van der Waals surface area contributed by atoms with Crippen LogP contribution in [0.4, 0.5) is 0 Å².